The third-order valence-electron chi connectivity index (χ3n) is 6.88. The number of amides is 1. The van der Waals surface area contributed by atoms with Gasteiger partial charge in [-0.3, -0.25) is 4.79 Å². The molecular weight excluding hydrogens is 409 g/mol. The zero-order chi connectivity index (χ0) is 22.5. The molecule has 1 atom stereocenters. The van der Waals surface area contributed by atoms with Crippen molar-refractivity contribution >= 4 is 19.0 Å². The summed E-state index contributed by atoms with van der Waals surface area (Å²) in [7, 11) is -1.26. The van der Waals surface area contributed by atoms with Crippen molar-refractivity contribution in [2.75, 3.05) is 19.6 Å². The Hall–Kier alpha value is -2.10. The average Bonchev–Trinajstić information content (AvgIpc) is 3.59. The van der Waals surface area contributed by atoms with E-state index in [9.17, 15) is 19.7 Å². The number of hydrogen-bond acceptors (Lipinski definition) is 6. The highest BCUT2D eigenvalue weighted by Gasteiger charge is 2.38. The van der Waals surface area contributed by atoms with Crippen LogP contribution in [0.4, 0.5) is 0 Å². The van der Waals surface area contributed by atoms with Crippen LogP contribution in [-0.2, 0) is 11.2 Å². The maximum Gasteiger partial charge on any atom is 0.547 e. The molecule has 0 unspecified atom stereocenters. The Kier molecular flexibility index (Phi) is 7.70. The van der Waals surface area contributed by atoms with Crippen molar-refractivity contribution in [3.05, 3.63) is 29.3 Å². The molecular formula is C23H34BN3O5. The SMILES string of the molecule is O=C(C[C@H]1CC[C@H](NCCNCC2CC2)CC1)N[C@H]1Cc2cccc(C(=O)O)c2OB1O. The summed E-state index contributed by atoms with van der Waals surface area (Å²) < 4.78 is 5.46. The molecule has 2 fully saturated rings. The van der Waals surface area contributed by atoms with E-state index in [1.807, 2.05) is 0 Å². The van der Waals surface area contributed by atoms with Gasteiger partial charge in [0.2, 0.25) is 5.91 Å². The molecule has 5 N–H and O–H groups in total. The van der Waals surface area contributed by atoms with Gasteiger partial charge in [-0.1, -0.05) is 12.1 Å². The van der Waals surface area contributed by atoms with Crippen molar-refractivity contribution in [1.82, 2.24) is 16.0 Å². The van der Waals surface area contributed by atoms with Crippen LogP contribution in [0.25, 0.3) is 0 Å². The van der Waals surface area contributed by atoms with E-state index < -0.39 is 19.0 Å². The second-order valence-corrected chi connectivity index (χ2v) is 9.51. The monoisotopic (exact) mass is 443 g/mol. The average molecular weight is 443 g/mol. The maximum atomic E-state index is 12.6. The molecule has 0 bridgehead atoms. The summed E-state index contributed by atoms with van der Waals surface area (Å²) >= 11 is 0. The maximum absolute atomic E-state index is 12.6. The lowest BCUT2D eigenvalue weighted by Gasteiger charge is -2.31. The van der Waals surface area contributed by atoms with Crippen molar-refractivity contribution in [2.45, 2.75) is 63.3 Å². The van der Waals surface area contributed by atoms with E-state index in [2.05, 4.69) is 16.0 Å². The van der Waals surface area contributed by atoms with Crippen LogP contribution in [0.5, 0.6) is 5.75 Å². The molecule has 1 amide bonds. The molecule has 0 spiro atoms. The smallest absolute Gasteiger partial charge is 0.534 e. The van der Waals surface area contributed by atoms with Crippen molar-refractivity contribution in [3.8, 4) is 5.75 Å². The first kappa shape index (κ1) is 23.1. The molecule has 1 aromatic carbocycles. The summed E-state index contributed by atoms with van der Waals surface area (Å²) in [5.41, 5.74) is 0.703. The molecule has 0 radical (unpaired) electrons. The van der Waals surface area contributed by atoms with E-state index in [0.29, 0.717) is 30.4 Å². The highest BCUT2D eigenvalue weighted by Crippen LogP contribution is 2.31. The fourth-order valence-corrected chi connectivity index (χ4v) is 4.81. The fraction of sp³-hybridized carbons (Fsp3) is 0.652. The topological polar surface area (TPSA) is 120 Å². The van der Waals surface area contributed by atoms with Crippen molar-refractivity contribution < 1.29 is 24.4 Å². The molecule has 2 aliphatic carbocycles. The van der Waals surface area contributed by atoms with Crippen LogP contribution >= 0.6 is 0 Å². The Bertz CT molecular complexity index is 811. The summed E-state index contributed by atoms with van der Waals surface area (Å²) in [4.78, 5) is 24.0. The van der Waals surface area contributed by atoms with Crippen LogP contribution in [0.2, 0.25) is 0 Å². The van der Waals surface area contributed by atoms with Gasteiger partial charge in [0.05, 0.1) is 11.5 Å². The highest BCUT2D eigenvalue weighted by atomic mass is 16.5. The number of nitrogens with one attached hydrogen (secondary N) is 3. The number of fused-ring (bicyclic) bond motifs is 1. The van der Waals surface area contributed by atoms with E-state index in [4.69, 9.17) is 4.65 Å². The third kappa shape index (κ3) is 6.24. The van der Waals surface area contributed by atoms with Crippen LogP contribution in [0.1, 0.15) is 60.9 Å². The molecule has 2 saturated carbocycles. The molecule has 3 aliphatic rings. The normalized spacial score (nSPS) is 25.0. The van der Waals surface area contributed by atoms with Gasteiger partial charge < -0.3 is 30.7 Å². The molecule has 0 saturated heterocycles. The van der Waals surface area contributed by atoms with Crippen LogP contribution in [0.15, 0.2) is 18.2 Å². The molecule has 174 valence electrons. The Morgan fingerprint density at radius 1 is 1.06 bits per heavy atom. The second kappa shape index (κ2) is 10.7. The Morgan fingerprint density at radius 3 is 2.53 bits per heavy atom. The van der Waals surface area contributed by atoms with Crippen molar-refractivity contribution in [2.24, 2.45) is 11.8 Å². The summed E-state index contributed by atoms with van der Waals surface area (Å²) in [5, 5.41) is 29.6. The van der Waals surface area contributed by atoms with Gasteiger partial charge in [0.25, 0.3) is 0 Å². The lowest BCUT2D eigenvalue weighted by Crippen LogP contribution is -2.53. The predicted octanol–water partition coefficient (Wildman–Crippen LogP) is 1.36. The molecule has 32 heavy (non-hydrogen) atoms. The number of carboxylic acids is 1. The predicted molar refractivity (Wildman–Crippen MR) is 122 cm³/mol. The van der Waals surface area contributed by atoms with Gasteiger partial charge in [0.1, 0.15) is 5.75 Å². The Labute approximate surface area is 189 Å². The fourth-order valence-electron chi connectivity index (χ4n) is 4.81. The highest BCUT2D eigenvalue weighted by molar-refractivity contribution is 6.47. The molecule has 8 nitrogen and oxygen atoms in total. The van der Waals surface area contributed by atoms with E-state index in [0.717, 1.165) is 51.2 Å². The first-order chi connectivity index (χ1) is 15.5. The van der Waals surface area contributed by atoms with Gasteiger partial charge in [-0.2, -0.15) is 0 Å². The largest absolute Gasteiger partial charge is 0.547 e. The lowest BCUT2D eigenvalue weighted by atomic mass is 9.72. The summed E-state index contributed by atoms with van der Waals surface area (Å²) in [6.45, 7) is 3.16. The van der Waals surface area contributed by atoms with E-state index in [1.54, 1.807) is 12.1 Å². The van der Waals surface area contributed by atoms with Gasteiger partial charge in [-0.15, -0.1) is 0 Å². The van der Waals surface area contributed by atoms with Crippen LogP contribution < -0.4 is 20.6 Å². The van der Waals surface area contributed by atoms with Crippen LogP contribution in [0.3, 0.4) is 0 Å². The third-order valence-corrected chi connectivity index (χ3v) is 6.88. The van der Waals surface area contributed by atoms with E-state index >= 15 is 0 Å². The number of aromatic carboxylic acids is 1. The summed E-state index contributed by atoms with van der Waals surface area (Å²) in [5.74, 6) is -0.317. The van der Waals surface area contributed by atoms with Gasteiger partial charge >= 0.3 is 13.1 Å². The van der Waals surface area contributed by atoms with Crippen LogP contribution in [-0.4, -0.2) is 60.7 Å². The number of rotatable bonds is 10. The first-order valence-corrected chi connectivity index (χ1v) is 11.9. The van der Waals surface area contributed by atoms with Gasteiger partial charge in [-0.25, -0.2) is 4.79 Å². The molecule has 9 heteroatoms. The lowest BCUT2D eigenvalue weighted by molar-refractivity contribution is -0.122. The van der Waals surface area contributed by atoms with Gasteiger partial charge in [0.15, 0.2) is 0 Å². The molecule has 1 aliphatic heterocycles. The Balaban J connectivity index is 1.17. The molecule has 4 rings (SSSR count). The number of benzene rings is 1. The van der Waals surface area contributed by atoms with Crippen molar-refractivity contribution in [1.29, 1.82) is 0 Å². The minimum atomic E-state index is -1.26. The first-order valence-electron chi connectivity index (χ1n) is 11.9. The van der Waals surface area contributed by atoms with Crippen molar-refractivity contribution in [3.63, 3.8) is 0 Å². The quantitative estimate of drug-likeness (QED) is 0.274. The summed E-state index contributed by atoms with van der Waals surface area (Å²) in [6.07, 6.45) is 7.76. The van der Waals surface area contributed by atoms with Crippen LogP contribution in [0, 0.1) is 11.8 Å². The minimum absolute atomic E-state index is 0.0235. The number of carboxylic acid groups (broad SMARTS) is 1. The van der Waals surface area contributed by atoms with Gasteiger partial charge in [0, 0.05) is 25.6 Å². The molecule has 0 aromatic heterocycles. The second-order valence-electron chi connectivity index (χ2n) is 9.51. The van der Waals surface area contributed by atoms with E-state index in [1.165, 1.54) is 18.9 Å². The zero-order valence-electron chi connectivity index (χ0n) is 18.5. The zero-order valence-corrected chi connectivity index (χ0v) is 18.5. The minimum Gasteiger partial charge on any atom is -0.534 e. The number of hydrogen-bond donors (Lipinski definition) is 5. The van der Waals surface area contributed by atoms with Gasteiger partial charge in [-0.05, 0) is 75.0 Å². The number of carbonyl (C=O) groups is 2. The standard InChI is InChI=1S/C23H34BN3O5/c28-21(12-15-6-8-18(9-7-15)26-11-10-25-14-16-4-5-16)27-20-13-17-2-1-3-19(23(29)30)22(17)32-24(20)31/h1-3,15-16,18,20,25-26,31H,4-14H2,(H,27,28)(H,29,30)/t15-,18-,20-/m0/s1. The molecule has 1 aromatic rings. The number of carbonyl (C=O) groups excluding carboxylic acids is 1. The summed E-state index contributed by atoms with van der Waals surface area (Å²) in [6, 6.07) is 5.40. The van der Waals surface area contributed by atoms with E-state index in [-0.39, 0.29) is 17.2 Å². The Morgan fingerprint density at radius 2 is 1.81 bits per heavy atom. The number of para-hydroxylation sites is 1. The molecule has 1 heterocycles.